The van der Waals surface area contributed by atoms with Gasteiger partial charge in [-0.2, -0.15) is 0 Å². The van der Waals surface area contributed by atoms with Crippen molar-refractivity contribution in [3.05, 3.63) is 35.9 Å². The van der Waals surface area contributed by atoms with E-state index in [0.29, 0.717) is 0 Å². The molecule has 5 atom stereocenters. The van der Waals surface area contributed by atoms with Crippen molar-refractivity contribution < 1.29 is 0 Å². The lowest BCUT2D eigenvalue weighted by molar-refractivity contribution is 0.120. The zero-order valence-electron chi connectivity index (χ0n) is 15.4. The average molecular weight is 340 g/mol. The quantitative estimate of drug-likeness (QED) is 0.859. The fourth-order valence-electron chi connectivity index (χ4n) is 5.92. The van der Waals surface area contributed by atoms with Crippen molar-refractivity contribution in [3.8, 4) is 0 Å². The van der Waals surface area contributed by atoms with Crippen LogP contribution in [-0.4, -0.2) is 61.7 Å². The van der Waals surface area contributed by atoms with Crippen LogP contribution in [0.15, 0.2) is 30.3 Å². The summed E-state index contributed by atoms with van der Waals surface area (Å²) >= 11 is 0. The highest BCUT2D eigenvalue weighted by atomic mass is 15.3. The third-order valence-corrected chi connectivity index (χ3v) is 7.40. The smallest absolute Gasteiger partial charge is 0.0223 e. The van der Waals surface area contributed by atoms with Crippen LogP contribution in [0.2, 0.25) is 0 Å². The molecule has 0 radical (unpaired) electrons. The average Bonchev–Trinajstić information content (AvgIpc) is 3.17. The van der Waals surface area contributed by atoms with E-state index in [2.05, 4.69) is 45.4 Å². The number of nitrogens with one attached hydrogen (secondary N) is 1. The van der Waals surface area contributed by atoms with E-state index in [-0.39, 0.29) is 0 Å². The van der Waals surface area contributed by atoms with E-state index in [1.807, 2.05) is 0 Å². The van der Waals surface area contributed by atoms with E-state index in [1.54, 1.807) is 0 Å². The summed E-state index contributed by atoms with van der Waals surface area (Å²) in [6.45, 7) is 9.33. The molecule has 1 aromatic rings. The van der Waals surface area contributed by atoms with Crippen LogP contribution in [0.3, 0.4) is 0 Å². The maximum Gasteiger partial charge on any atom is 0.0223 e. The highest BCUT2D eigenvalue weighted by molar-refractivity contribution is 5.14. The Bertz CT molecular complexity index is 564. The van der Waals surface area contributed by atoms with Crippen molar-refractivity contribution in [2.45, 2.75) is 31.7 Å². The Hall–Kier alpha value is -0.900. The van der Waals surface area contributed by atoms with Crippen LogP contribution in [-0.2, 0) is 6.42 Å². The van der Waals surface area contributed by atoms with Crippen molar-refractivity contribution in [1.29, 1.82) is 0 Å². The predicted molar refractivity (Wildman–Crippen MR) is 103 cm³/mol. The van der Waals surface area contributed by atoms with Crippen molar-refractivity contribution >= 4 is 0 Å². The number of aryl methyl sites for hydroxylation is 1. The molecule has 4 saturated heterocycles. The summed E-state index contributed by atoms with van der Waals surface area (Å²) in [6.07, 6.45) is 5.45. The van der Waals surface area contributed by atoms with Crippen LogP contribution in [0, 0.1) is 23.7 Å². The minimum Gasteiger partial charge on any atom is -0.316 e. The van der Waals surface area contributed by atoms with Gasteiger partial charge in [-0.1, -0.05) is 30.3 Å². The highest BCUT2D eigenvalue weighted by Crippen LogP contribution is 2.49. The number of benzene rings is 1. The first kappa shape index (κ1) is 16.3. The molecule has 0 amide bonds. The molecule has 1 unspecified atom stereocenters. The van der Waals surface area contributed by atoms with E-state index in [9.17, 15) is 0 Å². The molecule has 1 aromatic carbocycles. The minimum atomic E-state index is 0.838. The Morgan fingerprint density at radius 1 is 0.960 bits per heavy atom. The summed E-state index contributed by atoms with van der Waals surface area (Å²) in [5.41, 5.74) is 1.50. The number of hydrogen-bond donors (Lipinski definition) is 1. The zero-order chi connectivity index (χ0) is 16.6. The second-order valence-electron chi connectivity index (χ2n) is 9.05. The Kier molecular flexibility index (Phi) is 4.57. The Morgan fingerprint density at radius 2 is 1.80 bits per heavy atom. The molecule has 5 fully saturated rings. The first-order valence-electron chi connectivity index (χ1n) is 10.6. The molecule has 3 heteroatoms. The maximum atomic E-state index is 3.55. The van der Waals surface area contributed by atoms with Crippen molar-refractivity contribution in [2.24, 2.45) is 23.7 Å². The Labute approximate surface area is 152 Å². The van der Waals surface area contributed by atoms with Gasteiger partial charge in [0.05, 0.1) is 0 Å². The van der Waals surface area contributed by atoms with Crippen LogP contribution in [0.25, 0.3) is 0 Å². The molecule has 4 aliphatic heterocycles. The van der Waals surface area contributed by atoms with Crippen molar-refractivity contribution in [1.82, 2.24) is 15.1 Å². The second kappa shape index (κ2) is 7.02. The zero-order valence-corrected chi connectivity index (χ0v) is 15.4. The molecule has 136 valence electrons. The van der Waals surface area contributed by atoms with Crippen LogP contribution in [0.1, 0.15) is 24.8 Å². The van der Waals surface area contributed by atoms with Crippen LogP contribution < -0.4 is 5.32 Å². The lowest BCUT2D eigenvalue weighted by Crippen LogP contribution is -2.45. The molecule has 2 bridgehead atoms. The molecule has 25 heavy (non-hydrogen) atoms. The second-order valence-corrected chi connectivity index (χ2v) is 9.05. The summed E-state index contributed by atoms with van der Waals surface area (Å²) in [4.78, 5) is 5.69. The number of piperidine rings is 2. The summed E-state index contributed by atoms with van der Waals surface area (Å²) in [5.74, 6) is 3.98. The van der Waals surface area contributed by atoms with Gasteiger partial charge in [0.15, 0.2) is 0 Å². The lowest BCUT2D eigenvalue weighted by Gasteiger charge is -2.36. The number of fused-ring (bicyclic) bond motifs is 5. The molecule has 5 aliphatic rings. The van der Waals surface area contributed by atoms with Crippen LogP contribution in [0.5, 0.6) is 0 Å². The number of rotatable bonds is 6. The van der Waals surface area contributed by atoms with Gasteiger partial charge in [-0.05, 0) is 74.6 Å². The molecular formula is C22H33N3. The van der Waals surface area contributed by atoms with Gasteiger partial charge in [0.2, 0.25) is 0 Å². The standard InChI is InChI=1S/C22H33N3/c1-2-5-17(6-3-1)7-4-10-24-13-18-8-9-19(15-24)25(14-18)16-22-20-11-23-12-21(20)22/h1-3,5-6,18-23H,4,7-16H2/t18-,19+,20-,21+,22?/m1/s1. The summed E-state index contributed by atoms with van der Waals surface area (Å²) in [6, 6.07) is 11.8. The van der Waals surface area contributed by atoms with Crippen LogP contribution in [0.4, 0.5) is 0 Å². The first-order chi connectivity index (χ1) is 12.4. The first-order valence-corrected chi connectivity index (χ1v) is 10.6. The van der Waals surface area contributed by atoms with Gasteiger partial charge in [-0.3, -0.25) is 4.90 Å². The molecule has 0 spiro atoms. The number of hydrogen-bond acceptors (Lipinski definition) is 3. The summed E-state index contributed by atoms with van der Waals surface area (Å²) in [7, 11) is 0. The SMILES string of the molecule is c1ccc(CCCN2C[C@H]3CC[C@@H](C2)N(CC2[C@H]4CNC[C@@H]24)C3)cc1. The topological polar surface area (TPSA) is 18.5 Å². The Balaban J connectivity index is 1.13. The number of nitrogens with zero attached hydrogens (tertiary/aromatic N) is 2. The van der Waals surface area contributed by atoms with E-state index in [4.69, 9.17) is 0 Å². The van der Waals surface area contributed by atoms with Crippen LogP contribution >= 0.6 is 0 Å². The lowest BCUT2D eigenvalue weighted by atomic mass is 9.94. The minimum absolute atomic E-state index is 0.838. The molecular weight excluding hydrogens is 306 g/mol. The van der Waals surface area contributed by atoms with Gasteiger partial charge < -0.3 is 10.2 Å². The Morgan fingerprint density at radius 3 is 2.64 bits per heavy atom. The summed E-state index contributed by atoms with van der Waals surface area (Å²) < 4.78 is 0. The van der Waals surface area contributed by atoms with Gasteiger partial charge >= 0.3 is 0 Å². The van der Waals surface area contributed by atoms with E-state index in [0.717, 1.165) is 29.7 Å². The van der Waals surface area contributed by atoms with E-state index < -0.39 is 0 Å². The molecule has 1 N–H and O–H groups in total. The third-order valence-electron chi connectivity index (χ3n) is 7.40. The highest BCUT2D eigenvalue weighted by Gasteiger charge is 2.53. The monoisotopic (exact) mass is 339 g/mol. The van der Waals surface area contributed by atoms with Gasteiger partial charge in [0, 0.05) is 32.2 Å². The maximum absolute atomic E-state index is 3.55. The molecule has 6 rings (SSSR count). The molecule has 1 saturated carbocycles. The van der Waals surface area contributed by atoms with Gasteiger partial charge in [-0.15, -0.1) is 0 Å². The largest absolute Gasteiger partial charge is 0.316 e. The fourth-order valence-corrected chi connectivity index (χ4v) is 5.92. The van der Waals surface area contributed by atoms with Gasteiger partial charge in [-0.25, -0.2) is 0 Å². The van der Waals surface area contributed by atoms with Crippen molar-refractivity contribution in [3.63, 3.8) is 0 Å². The molecule has 3 nitrogen and oxygen atoms in total. The van der Waals surface area contributed by atoms with E-state index in [1.165, 1.54) is 77.1 Å². The summed E-state index contributed by atoms with van der Waals surface area (Å²) in [5, 5.41) is 3.55. The normalized spacial score (nSPS) is 37.8. The molecule has 0 aromatic heterocycles. The van der Waals surface area contributed by atoms with E-state index >= 15 is 0 Å². The van der Waals surface area contributed by atoms with Crippen molar-refractivity contribution in [2.75, 3.05) is 45.8 Å². The fraction of sp³-hybridized carbons (Fsp3) is 0.727. The molecule has 4 heterocycles. The van der Waals surface area contributed by atoms with Gasteiger partial charge in [0.1, 0.15) is 0 Å². The van der Waals surface area contributed by atoms with Gasteiger partial charge in [0.25, 0.3) is 0 Å². The predicted octanol–water partition coefficient (Wildman–Crippen LogP) is 2.48. The molecule has 1 aliphatic carbocycles. The third kappa shape index (κ3) is 3.51.